The summed E-state index contributed by atoms with van der Waals surface area (Å²) in [6.45, 7) is 3.90. The smallest absolute Gasteiger partial charge is 0.244 e. The van der Waals surface area contributed by atoms with E-state index in [-0.39, 0.29) is 17.5 Å². The third-order valence-electron chi connectivity index (χ3n) is 4.19. The highest BCUT2D eigenvalue weighted by Gasteiger charge is 2.28. The second-order valence-electron chi connectivity index (χ2n) is 6.88. The average molecular weight is 449 g/mol. The molecule has 0 spiro atoms. The molecule has 3 aromatic rings. The summed E-state index contributed by atoms with van der Waals surface area (Å²) in [5.74, 6) is -1.35. The van der Waals surface area contributed by atoms with Crippen LogP contribution in [0.5, 0.6) is 0 Å². The molecule has 0 aliphatic rings. The lowest BCUT2D eigenvalue weighted by Gasteiger charge is -2.18. The van der Waals surface area contributed by atoms with Crippen LogP contribution in [-0.4, -0.2) is 30.6 Å². The number of nitrogens with one attached hydrogen (secondary N) is 2. The average Bonchev–Trinajstić information content (AvgIpc) is 3.17. The van der Waals surface area contributed by atoms with Gasteiger partial charge in [0, 0.05) is 5.92 Å². The molecule has 0 fully saturated rings. The van der Waals surface area contributed by atoms with Crippen LogP contribution in [0.3, 0.4) is 0 Å². The number of amides is 1. The number of sulfonamides is 1. The standard InChI is InChI=1S/C20H21FN4O3S2/c1-13(2)19-23-24-20(29-19)22-18(26)16(12-14-8-4-3-5-9-14)25-30(27,28)17-11-7-6-10-15(17)21/h3-11,13,16,25H,12H2,1-2H3,(H,22,24,26). The molecule has 1 aromatic heterocycles. The summed E-state index contributed by atoms with van der Waals surface area (Å²) in [6, 6.07) is 12.8. The highest BCUT2D eigenvalue weighted by molar-refractivity contribution is 7.89. The first kappa shape index (κ1) is 22.0. The molecule has 0 bridgehead atoms. The topological polar surface area (TPSA) is 101 Å². The fourth-order valence-corrected chi connectivity index (χ4v) is 4.69. The van der Waals surface area contributed by atoms with Crippen LogP contribution in [0.4, 0.5) is 9.52 Å². The number of carbonyl (C=O) groups excluding carboxylic acids is 1. The number of aromatic nitrogens is 2. The fraction of sp³-hybridized carbons (Fsp3) is 0.250. The molecule has 10 heteroatoms. The molecule has 1 unspecified atom stereocenters. The Morgan fingerprint density at radius 3 is 2.37 bits per heavy atom. The van der Waals surface area contributed by atoms with Crippen molar-refractivity contribution in [3.05, 3.63) is 71.0 Å². The van der Waals surface area contributed by atoms with Crippen LogP contribution in [0, 0.1) is 5.82 Å². The maximum atomic E-state index is 14.1. The quantitative estimate of drug-likeness (QED) is 0.551. The van der Waals surface area contributed by atoms with Crippen LogP contribution >= 0.6 is 11.3 Å². The SMILES string of the molecule is CC(C)c1nnc(NC(=O)C(Cc2ccccc2)NS(=O)(=O)c2ccccc2F)s1. The van der Waals surface area contributed by atoms with Gasteiger partial charge in [0.25, 0.3) is 0 Å². The third kappa shape index (κ3) is 5.47. The van der Waals surface area contributed by atoms with E-state index in [1.54, 1.807) is 24.3 Å². The van der Waals surface area contributed by atoms with E-state index >= 15 is 0 Å². The summed E-state index contributed by atoms with van der Waals surface area (Å²) in [5.41, 5.74) is 0.744. The third-order valence-corrected chi connectivity index (χ3v) is 6.83. The summed E-state index contributed by atoms with van der Waals surface area (Å²) < 4.78 is 41.9. The second-order valence-corrected chi connectivity index (χ2v) is 9.57. The lowest BCUT2D eigenvalue weighted by molar-refractivity contribution is -0.117. The van der Waals surface area contributed by atoms with Crippen LogP contribution < -0.4 is 10.0 Å². The van der Waals surface area contributed by atoms with Crippen LogP contribution in [0.25, 0.3) is 0 Å². The number of benzene rings is 2. The molecule has 1 atom stereocenters. The molecule has 2 aromatic carbocycles. The molecule has 0 saturated carbocycles. The molecule has 0 radical (unpaired) electrons. The largest absolute Gasteiger partial charge is 0.299 e. The van der Waals surface area contributed by atoms with E-state index in [0.29, 0.717) is 0 Å². The Kier molecular flexibility index (Phi) is 6.91. The molecular formula is C20H21FN4O3S2. The lowest BCUT2D eigenvalue weighted by atomic mass is 10.1. The predicted octanol–water partition coefficient (Wildman–Crippen LogP) is 3.33. The number of anilines is 1. The van der Waals surface area contributed by atoms with Gasteiger partial charge in [-0.1, -0.05) is 67.6 Å². The van der Waals surface area contributed by atoms with Gasteiger partial charge in [-0.3, -0.25) is 10.1 Å². The Labute approximate surface area is 178 Å². The molecule has 0 aliphatic carbocycles. The molecule has 0 aliphatic heterocycles. The molecule has 7 nitrogen and oxygen atoms in total. The minimum atomic E-state index is -4.27. The van der Waals surface area contributed by atoms with Gasteiger partial charge >= 0.3 is 0 Å². The van der Waals surface area contributed by atoms with Crippen molar-refractivity contribution in [1.29, 1.82) is 0 Å². The first-order valence-electron chi connectivity index (χ1n) is 9.21. The van der Waals surface area contributed by atoms with Crippen molar-refractivity contribution < 1.29 is 17.6 Å². The maximum absolute atomic E-state index is 14.1. The summed E-state index contributed by atoms with van der Waals surface area (Å²) in [7, 11) is -4.27. The van der Waals surface area contributed by atoms with E-state index in [0.717, 1.165) is 22.7 Å². The lowest BCUT2D eigenvalue weighted by Crippen LogP contribution is -2.45. The van der Waals surface area contributed by atoms with Gasteiger partial charge in [-0.15, -0.1) is 10.2 Å². The Morgan fingerprint density at radius 2 is 1.73 bits per heavy atom. The first-order valence-corrected chi connectivity index (χ1v) is 11.5. The highest BCUT2D eigenvalue weighted by Crippen LogP contribution is 2.23. The Hall–Kier alpha value is -2.69. The van der Waals surface area contributed by atoms with Crippen LogP contribution in [0.1, 0.15) is 30.3 Å². The Balaban J connectivity index is 1.86. The van der Waals surface area contributed by atoms with Gasteiger partial charge in [-0.05, 0) is 24.1 Å². The molecule has 0 saturated heterocycles. The number of nitrogens with zero attached hydrogens (tertiary/aromatic N) is 2. The van der Waals surface area contributed by atoms with Gasteiger partial charge in [0.05, 0.1) is 0 Å². The Morgan fingerprint density at radius 1 is 1.07 bits per heavy atom. The zero-order valence-corrected chi connectivity index (χ0v) is 18.0. The van der Waals surface area contributed by atoms with Gasteiger partial charge in [0.2, 0.25) is 21.1 Å². The van der Waals surface area contributed by atoms with E-state index in [1.165, 1.54) is 23.5 Å². The molecule has 30 heavy (non-hydrogen) atoms. The predicted molar refractivity (Wildman–Crippen MR) is 113 cm³/mol. The van der Waals surface area contributed by atoms with Crippen LogP contribution in [0.15, 0.2) is 59.5 Å². The number of rotatable bonds is 8. The Bertz CT molecular complexity index is 1120. The number of hydrogen-bond acceptors (Lipinski definition) is 6. The van der Waals surface area contributed by atoms with E-state index in [2.05, 4.69) is 20.2 Å². The summed E-state index contributed by atoms with van der Waals surface area (Å²) >= 11 is 1.22. The summed E-state index contributed by atoms with van der Waals surface area (Å²) in [5, 5.41) is 11.6. The molecule has 158 valence electrons. The van der Waals surface area contributed by atoms with Crippen molar-refractivity contribution >= 4 is 32.4 Å². The van der Waals surface area contributed by atoms with E-state index in [9.17, 15) is 17.6 Å². The van der Waals surface area contributed by atoms with Crippen molar-refractivity contribution in [1.82, 2.24) is 14.9 Å². The van der Waals surface area contributed by atoms with E-state index in [1.807, 2.05) is 19.9 Å². The molecule has 1 heterocycles. The van der Waals surface area contributed by atoms with Gasteiger partial charge in [0.15, 0.2) is 0 Å². The van der Waals surface area contributed by atoms with Crippen molar-refractivity contribution in [2.75, 3.05) is 5.32 Å². The minimum Gasteiger partial charge on any atom is -0.299 e. The zero-order chi connectivity index (χ0) is 21.7. The van der Waals surface area contributed by atoms with E-state index < -0.39 is 32.7 Å². The maximum Gasteiger partial charge on any atom is 0.244 e. The van der Waals surface area contributed by atoms with Crippen molar-refractivity contribution in [3.63, 3.8) is 0 Å². The molecule has 3 rings (SSSR count). The number of hydrogen-bond donors (Lipinski definition) is 2. The minimum absolute atomic E-state index is 0.0796. The zero-order valence-electron chi connectivity index (χ0n) is 16.4. The van der Waals surface area contributed by atoms with Crippen molar-refractivity contribution in [3.8, 4) is 0 Å². The van der Waals surface area contributed by atoms with Gasteiger partial charge < -0.3 is 0 Å². The molecule has 1 amide bonds. The van der Waals surface area contributed by atoms with E-state index in [4.69, 9.17) is 0 Å². The second kappa shape index (κ2) is 9.41. The summed E-state index contributed by atoms with van der Waals surface area (Å²) in [4.78, 5) is 12.4. The van der Waals surface area contributed by atoms with Gasteiger partial charge in [-0.25, -0.2) is 12.8 Å². The van der Waals surface area contributed by atoms with Gasteiger partial charge in [0.1, 0.15) is 21.8 Å². The normalized spacial score (nSPS) is 12.7. The molecule has 2 N–H and O–H groups in total. The highest BCUT2D eigenvalue weighted by atomic mass is 32.2. The summed E-state index contributed by atoms with van der Waals surface area (Å²) in [6.07, 6.45) is 0.0796. The van der Waals surface area contributed by atoms with Crippen molar-refractivity contribution in [2.45, 2.75) is 37.1 Å². The van der Waals surface area contributed by atoms with Gasteiger partial charge in [-0.2, -0.15) is 4.72 Å². The first-order chi connectivity index (χ1) is 14.3. The fourth-order valence-electron chi connectivity index (χ4n) is 2.66. The van der Waals surface area contributed by atoms with Crippen molar-refractivity contribution in [2.24, 2.45) is 0 Å². The van der Waals surface area contributed by atoms with Crippen LogP contribution in [0.2, 0.25) is 0 Å². The number of carbonyl (C=O) groups is 1. The molecular weight excluding hydrogens is 427 g/mol. The van der Waals surface area contributed by atoms with Crippen LogP contribution in [-0.2, 0) is 21.2 Å². The monoisotopic (exact) mass is 448 g/mol. The number of halogens is 1.